The first-order valence-corrected chi connectivity index (χ1v) is 7.21. The largest absolute Gasteiger partial charge is 0.491 e. The van der Waals surface area contributed by atoms with Crippen LogP contribution in [-0.2, 0) is 20.8 Å². The first-order chi connectivity index (χ1) is 10.4. The van der Waals surface area contributed by atoms with E-state index >= 15 is 0 Å². The Hall–Kier alpha value is -1.34. The Morgan fingerprint density at radius 2 is 1.10 bits per heavy atom. The average molecular weight is 297 g/mol. The highest BCUT2D eigenvalue weighted by molar-refractivity contribution is 5.38. The molecule has 0 atom stereocenters. The fourth-order valence-corrected chi connectivity index (χ4v) is 1.89. The van der Waals surface area contributed by atoms with E-state index in [9.17, 15) is 0 Å². The van der Waals surface area contributed by atoms with E-state index in [1.165, 1.54) is 0 Å². The Morgan fingerprint density at radius 3 is 1.52 bits per heavy atom. The van der Waals surface area contributed by atoms with E-state index in [0.717, 1.165) is 17.1 Å². The molecule has 1 aliphatic rings. The average Bonchev–Trinajstić information content (AvgIpc) is 2.50. The summed E-state index contributed by atoms with van der Waals surface area (Å²) in [7, 11) is 0. The lowest BCUT2D eigenvalue weighted by atomic mass is 10.2. The zero-order chi connectivity index (χ0) is 14.8. The highest BCUT2D eigenvalue weighted by Crippen LogP contribution is 2.23. The van der Waals surface area contributed by atoms with Crippen LogP contribution in [0, 0.1) is 0 Å². The van der Waals surface area contributed by atoms with Crippen molar-refractivity contribution in [3.05, 3.63) is 23.8 Å². The standard InChI is InChI=1S/C15H23NO5/c16-12-13-9-14-11-15(10-13)21-8-6-19-4-2-17-1-3-18-5-7-20-14/h9-11H,1-8,12,16H2. The molecular formula is C15H23NO5. The Bertz CT molecular complexity index is 381. The number of hydrogen-bond acceptors (Lipinski definition) is 6. The van der Waals surface area contributed by atoms with E-state index in [-0.39, 0.29) is 0 Å². The van der Waals surface area contributed by atoms with Gasteiger partial charge in [0.1, 0.15) is 24.7 Å². The van der Waals surface area contributed by atoms with Gasteiger partial charge in [-0.3, -0.25) is 0 Å². The van der Waals surface area contributed by atoms with Crippen LogP contribution < -0.4 is 15.2 Å². The molecular weight excluding hydrogens is 274 g/mol. The SMILES string of the molecule is NCc1cc2cc(c1)OCCOCCOCCOCCO2. The number of fused-ring (bicyclic) bond motifs is 2. The molecule has 0 aliphatic carbocycles. The normalized spacial score (nSPS) is 18.5. The van der Waals surface area contributed by atoms with Crippen molar-refractivity contribution in [1.82, 2.24) is 0 Å². The van der Waals surface area contributed by atoms with E-state index in [1.807, 2.05) is 18.2 Å². The van der Waals surface area contributed by atoms with Crippen LogP contribution in [0.15, 0.2) is 18.2 Å². The van der Waals surface area contributed by atoms with Crippen LogP contribution in [0.5, 0.6) is 11.5 Å². The quantitative estimate of drug-likeness (QED) is 0.832. The summed E-state index contributed by atoms with van der Waals surface area (Å²) < 4.78 is 27.5. The monoisotopic (exact) mass is 297 g/mol. The third-order valence-corrected chi connectivity index (χ3v) is 2.91. The van der Waals surface area contributed by atoms with Crippen molar-refractivity contribution in [2.75, 3.05) is 52.9 Å². The lowest BCUT2D eigenvalue weighted by molar-refractivity contribution is 0.00433. The van der Waals surface area contributed by atoms with Crippen molar-refractivity contribution in [3.8, 4) is 11.5 Å². The lowest BCUT2D eigenvalue weighted by Gasteiger charge is -2.13. The molecule has 6 heteroatoms. The molecule has 2 bridgehead atoms. The fourth-order valence-electron chi connectivity index (χ4n) is 1.89. The molecule has 0 spiro atoms. The molecule has 6 nitrogen and oxygen atoms in total. The first-order valence-electron chi connectivity index (χ1n) is 7.21. The van der Waals surface area contributed by atoms with Crippen molar-refractivity contribution in [2.24, 2.45) is 5.73 Å². The zero-order valence-corrected chi connectivity index (χ0v) is 12.2. The van der Waals surface area contributed by atoms with E-state index in [1.54, 1.807) is 0 Å². The van der Waals surface area contributed by atoms with Gasteiger partial charge in [0.05, 0.1) is 39.6 Å². The van der Waals surface area contributed by atoms with Gasteiger partial charge in [-0.2, -0.15) is 0 Å². The van der Waals surface area contributed by atoms with Crippen LogP contribution in [0.4, 0.5) is 0 Å². The molecule has 0 unspecified atom stereocenters. The summed E-state index contributed by atoms with van der Waals surface area (Å²) in [5.41, 5.74) is 6.66. The van der Waals surface area contributed by atoms with Gasteiger partial charge in [-0.1, -0.05) is 0 Å². The summed E-state index contributed by atoms with van der Waals surface area (Å²) >= 11 is 0. The number of rotatable bonds is 1. The molecule has 2 N–H and O–H groups in total. The van der Waals surface area contributed by atoms with Crippen LogP contribution in [0.2, 0.25) is 0 Å². The second-order valence-corrected chi connectivity index (χ2v) is 4.55. The molecule has 2 rings (SSSR count). The number of benzene rings is 1. The number of nitrogens with two attached hydrogens (primary N) is 1. The van der Waals surface area contributed by atoms with E-state index < -0.39 is 0 Å². The molecule has 1 aromatic rings. The number of ether oxygens (including phenoxy) is 5. The zero-order valence-electron chi connectivity index (χ0n) is 12.2. The predicted molar refractivity (Wildman–Crippen MR) is 77.8 cm³/mol. The molecule has 0 saturated heterocycles. The Morgan fingerprint density at radius 1 is 0.667 bits per heavy atom. The van der Waals surface area contributed by atoms with Crippen LogP contribution in [0.25, 0.3) is 0 Å². The maximum absolute atomic E-state index is 5.69. The molecule has 0 amide bonds. The van der Waals surface area contributed by atoms with Crippen molar-refractivity contribution < 1.29 is 23.7 Å². The van der Waals surface area contributed by atoms with Gasteiger partial charge < -0.3 is 29.4 Å². The maximum atomic E-state index is 5.69. The van der Waals surface area contributed by atoms with Gasteiger partial charge in [0.25, 0.3) is 0 Å². The Balaban J connectivity index is 1.95. The van der Waals surface area contributed by atoms with Gasteiger partial charge in [-0.05, 0) is 17.7 Å². The molecule has 1 aliphatic heterocycles. The van der Waals surface area contributed by atoms with Gasteiger partial charge in [-0.25, -0.2) is 0 Å². The molecule has 0 saturated carbocycles. The molecule has 118 valence electrons. The lowest BCUT2D eigenvalue weighted by Crippen LogP contribution is -2.15. The van der Waals surface area contributed by atoms with E-state index in [4.69, 9.17) is 29.4 Å². The van der Waals surface area contributed by atoms with E-state index in [0.29, 0.717) is 59.4 Å². The van der Waals surface area contributed by atoms with Gasteiger partial charge in [0.15, 0.2) is 0 Å². The molecule has 0 fully saturated rings. The number of hydrogen-bond donors (Lipinski definition) is 1. The van der Waals surface area contributed by atoms with Gasteiger partial charge >= 0.3 is 0 Å². The van der Waals surface area contributed by atoms with Crippen LogP contribution in [0.1, 0.15) is 5.56 Å². The third-order valence-electron chi connectivity index (χ3n) is 2.91. The summed E-state index contributed by atoms with van der Waals surface area (Å²) in [5, 5.41) is 0. The van der Waals surface area contributed by atoms with Crippen molar-refractivity contribution in [2.45, 2.75) is 6.54 Å². The fraction of sp³-hybridized carbons (Fsp3) is 0.600. The second kappa shape index (κ2) is 9.57. The van der Waals surface area contributed by atoms with Gasteiger partial charge in [-0.15, -0.1) is 0 Å². The summed E-state index contributed by atoms with van der Waals surface area (Å²) in [4.78, 5) is 0. The minimum absolute atomic E-state index is 0.442. The summed E-state index contributed by atoms with van der Waals surface area (Å²) in [6.07, 6.45) is 0. The molecule has 0 aromatic heterocycles. The summed E-state index contributed by atoms with van der Waals surface area (Å²) in [6, 6.07) is 5.68. The highest BCUT2D eigenvalue weighted by atomic mass is 16.6. The highest BCUT2D eigenvalue weighted by Gasteiger charge is 2.04. The summed E-state index contributed by atoms with van der Waals surface area (Å²) in [5.74, 6) is 1.47. The third kappa shape index (κ3) is 6.31. The van der Waals surface area contributed by atoms with Crippen molar-refractivity contribution in [3.63, 3.8) is 0 Å². The Kier molecular flexibility index (Phi) is 7.31. The second-order valence-electron chi connectivity index (χ2n) is 4.55. The van der Waals surface area contributed by atoms with Crippen molar-refractivity contribution in [1.29, 1.82) is 0 Å². The van der Waals surface area contributed by atoms with Crippen LogP contribution in [-0.4, -0.2) is 52.9 Å². The molecule has 1 heterocycles. The maximum Gasteiger partial charge on any atom is 0.123 e. The Labute approximate surface area is 125 Å². The van der Waals surface area contributed by atoms with Crippen molar-refractivity contribution >= 4 is 0 Å². The van der Waals surface area contributed by atoms with Gasteiger partial charge in [0, 0.05) is 12.6 Å². The van der Waals surface area contributed by atoms with Crippen LogP contribution >= 0.6 is 0 Å². The minimum atomic E-state index is 0.442. The topological polar surface area (TPSA) is 72.2 Å². The molecule has 21 heavy (non-hydrogen) atoms. The minimum Gasteiger partial charge on any atom is -0.491 e. The predicted octanol–water partition coefficient (Wildman–Crippen LogP) is 0.966. The molecule has 0 radical (unpaired) electrons. The van der Waals surface area contributed by atoms with Gasteiger partial charge in [0.2, 0.25) is 0 Å². The molecule has 1 aromatic carbocycles. The summed E-state index contributed by atoms with van der Waals surface area (Å²) in [6.45, 7) is 4.68. The first kappa shape index (κ1) is 16.0. The smallest absolute Gasteiger partial charge is 0.123 e. The van der Waals surface area contributed by atoms with Crippen LogP contribution in [0.3, 0.4) is 0 Å². The van der Waals surface area contributed by atoms with E-state index in [2.05, 4.69) is 0 Å².